The third-order valence-electron chi connectivity index (χ3n) is 5.28. The molecule has 2 atom stereocenters. The number of unbranched alkanes of at least 4 members (excludes halogenated alkanes) is 4. The predicted octanol–water partition coefficient (Wildman–Crippen LogP) is 3.81. The molecule has 21 heavy (non-hydrogen) atoms. The fourth-order valence-corrected chi connectivity index (χ4v) is 3.46. The summed E-state index contributed by atoms with van der Waals surface area (Å²) in [5, 5.41) is 0. The van der Waals surface area contributed by atoms with Crippen molar-refractivity contribution in [2.24, 2.45) is 11.7 Å². The van der Waals surface area contributed by atoms with E-state index in [9.17, 15) is 0 Å². The van der Waals surface area contributed by atoms with Crippen LogP contribution >= 0.6 is 0 Å². The highest BCUT2D eigenvalue weighted by Crippen LogP contribution is 2.38. The van der Waals surface area contributed by atoms with Gasteiger partial charge in [-0.1, -0.05) is 39.0 Å². The Morgan fingerprint density at radius 2 is 1.90 bits per heavy atom. The Bertz CT molecular complexity index is 268. The second kappa shape index (κ2) is 9.81. The zero-order valence-electron chi connectivity index (χ0n) is 14.9. The van der Waals surface area contributed by atoms with E-state index in [0.717, 1.165) is 25.6 Å². The smallest absolute Gasteiger partial charge is 0.0590 e. The molecule has 3 nitrogen and oxygen atoms in total. The second-order valence-electron chi connectivity index (χ2n) is 7.13. The minimum Gasteiger partial charge on any atom is -0.383 e. The molecular formula is C18H38N2O. The van der Waals surface area contributed by atoms with Gasteiger partial charge < -0.3 is 10.5 Å². The molecule has 0 radical (unpaired) electrons. The van der Waals surface area contributed by atoms with Gasteiger partial charge in [0.25, 0.3) is 0 Å². The van der Waals surface area contributed by atoms with Crippen LogP contribution in [0.4, 0.5) is 0 Å². The molecular weight excluding hydrogens is 260 g/mol. The van der Waals surface area contributed by atoms with Crippen LogP contribution in [0.15, 0.2) is 0 Å². The average Bonchev–Trinajstić information content (AvgIpc) is 3.31. The standard InChI is InChI=1S/C18H38N2O/c1-5-6-7-8-9-12-18(3,15-19)20(13-14-21-4)16(2)17-10-11-17/h16-17H,5-15,19H2,1-4H3. The molecule has 1 fully saturated rings. The maximum Gasteiger partial charge on any atom is 0.0590 e. The van der Waals surface area contributed by atoms with Crippen molar-refractivity contribution in [3.05, 3.63) is 0 Å². The van der Waals surface area contributed by atoms with E-state index in [4.69, 9.17) is 10.5 Å². The minimum atomic E-state index is 0.132. The number of hydrogen-bond acceptors (Lipinski definition) is 3. The number of ether oxygens (including phenoxy) is 1. The Hall–Kier alpha value is -0.120. The summed E-state index contributed by atoms with van der Waals surface area (Å²) < 4.78 is 5.34. The van der Waals surface area contributed by atoms with Crippen LogP contribution in [-0.2, 0) is 4.74 Å². The molecule has 0 saturated heterocycles. The lowest BCUT2D eigenvalue weighted by molar-refractivity contribution is 0.0247. The molecule has 2 unspecified atom stereocenters. The monoisotopic (exact) mass is 298 g/mol. The molecule has 0 heterocycles. The fraction of sp³-hybridized carbons (Fsp3) is 1.00. The lowest BCUT2D eigenvalue weighted by Gasteiger charge is -2.45. The van der Waals surface area contributed by atoms with E-state index < -0.39 is 0 Å². The molecule has 1 aliphatic rings. The molecule has 0 aromatic heterocycles. The van der Waals surface area contributed by atoms with E-state index in [1.54, 1.807) is 7.11 Å². The number of hydrogen-bond donors (Lipinski definition) is 1. The highest BCUT2D eigenvalue weighted by molar-refractivity contribution is 4.95. The van der Waals surface area contributed by atoms with Crippen LogP contribution < -0.4 is 5.73 Å². The summed E-state index contributed by atoms with van der Waals surface area (Å²) in [6, 6.07) is 0.643. The molecule has 126 valence electrons. The maximum absolute atomic E-state index is 6.20. The van der Waals surface area contributed by atoms with Gasteiger partial charge in [0, 0.05) is 31.8 Å². The summed E-state index contributed by atoms with van der Waals surface area (Å²) in [5.41, 5.74) is 6.33. The molecule has 2 N–H and O–H groups in total. The van der Waals surface area contributed by atoms with Gasteiger partial charge in [0.05, 0.1) is 6.61 Å². The van der Waals surface area contributed by atoms with Gasteiger partial charge in [0.1, 0.15) is 0 Å². The van der Waals surface area contributed by atoms with Gasteiger partial charge in [-0.05, 0) is 39.0 Å². The third kappa shape index (κ3) is 6.25. The molecule has 0 bridgehead atoms. The van der Waals surface area contributed by atoms with Crippen LogP contribution in [0, 0.1) is 5.92 Å². The number of methoxy groups -OCH3 is 1. The molecule has 1 rings (SSSR count). The molecule has 0 spiro atoms. The first-order valence-corrected chi connectivity index (χ1v) is 9.04. The van der Waals surface area contributed by atoms with Crippen molar-refractivity contribution in [2.75, 3.05) is 26.8 Å². The Kier molecular flexibility index (Phi) is 8.84. The maximum atomic E-state index is 6.20. The van der Waals surface area contributed by atoms with Gasteiger partial charge in [-0.25, -0.2) is 0 Å². The summed E-state index contributed by atoms with van der Waals surface area (Å²) >= 11 is 0. The Balaban J connectivity index is 2.54. The summed E-state index contributed by atoms with van der Waals surface area (Å²) in [6.07, 6.45) is 10.7. The average molecular weight is 299 g/mol. The van der Waals surface area contributed by atoms with Crippen LogP contribution in [0.25, 0.3) is 0 Å². The fourth-order valence-electron chi connectivity index (χ4n) is 3.46. The first kappa shape index (κ1) is 18.9. The van der Waals surface area contributed by atoms with E-state index in [0.29, 0.717) is 6.04 Å². The molecule has 3 heteroatoms. The summed E-state index contributed by atoms with van der Waals surface area (Å²) in [5.74, 6) is 0.882. The number of nitrogens with zero attached hydrogens (tertiary/aromatic N) is 1. The van der Waals surface area contributed by atoms with Crippen molar-refractivity contribution in [3.8, 4) is 0 Å². The lowest BCUT2D eigenvalue weighted by Crippen LogP contribution is -2.56. The highest BCUT2D eigenvalue weighted by Gasteiger charge is 2.39. The van der Waals surface area contributed by atoms with Gasteiger partial charge in [-0.2, -0.15) is 0 Å². The molecule has 1 aliphatic carbocycles. The third-order valence-corrected chi connectivity index (χ3v) is 5.28. The second-order valence-corrected chi connectivity index (χ2v) is 7.13. The van der Waals surface area contributed by atoms with Gasteiger partial charge >= 0.3 is 0 Å². The minimum absolute atomic E-state index is 0.132. The van der Waals surface area contributed by atoms with Crippen molar-refractivity contribution in [1.29, 1.82) is 0 Å². The van der Waals surface area contributed by atoms with Crippen molar-refractivity contribution >= 4 is 0 Å². The number of rotatable bonds is 13. The lowest BCUT2D eigenvalue weighted by atomic mass is 9.89. The van der Waals surface area contributed by atoms with E-state index in [1.165, 1.54) is 51.4 Å². The molecule has 0 aliphatic heterocycles. The van der Waals surface area contributed by atoms with Crippen LogP contribution in [0.2, 0.25) is 0 Å². The summed E-state index contributed by atoms with van der Waals surface area (Å²) in [4.78, 5) is 2.65. The molecule has 0 aromatic rings. The Labute approximate surface area is 132 Å². The van der Waals surface area contributed by atoms with Crippen molar-refractivity contribution in [2.45, 2.75) is 83.7 Å². The van der Waals surface area contributed by atoms with Gasteiger partial charge in [0.15, 0.2) is 0 Å². The van der Waals surface area contributed by atoms with Crippen molar-refractivity contribution in [3.63, 3.8) is 0 Å². The van der Waals surface area contributed by atoms with E-state index in [1.807, 2.05) is 0 Å². The van der Waals surface area contributed by atoms with Crippen LogP contribution in [-0.4, -0.2) is 43.3 Å². The van der Waals surface area contributed by atoms with E-state index >= 15 is 0 Å². The quantitative estimate of drug-likeness (QED) is 0.525. The predicted molar refractivity (Wildman–Crippen MR) is 91.6 cm³/mol. The van der Waals surface area contributed by atoms with Crippen molar-refractivity contribution in [1.82, 2.24) is 4.90 Å². The molecule has 0 aromatic carbocycles. The summed E-state index contributed by atoms with van der Waals surface area (Å²) in [6.45, 7) is 9.59. The first-order chi connectivity index (χ1) is 10.1. The zero-order valence-corrected chi connectivity index (χ0v) is 14.9. The van der Waals surface area contributed by atoms with Crippen LogP contribution in [0.1, 0.15) is 72.1 Å². The van der Waals surface area contributed by atoms with E-state index in [-0.39, 0.29) is 5.54 Å². The van der Waals surface area contributed by atoms with Gasteiger partial charge in [0.2, 0.25) is 0 Å². The van der Waals surface area contributed by atoms with Crippen LogP contribution in [0.3, 0.4) is 0 Å². The Morgan fingerprint density at radius 1 is 1.24 bits per heavy atom. The first-order valence-electron chi connectivity index (χ1n) is 9.04. The van der Waals surface area contributed by atoms with Gasteiger partial charge in [-0.3, -0.25) is 4.90 Å². The topological polar surface area (TPSA) is 38.5 Å². The Morgan fingerprint density at radius 3 is 2.43 bits per heavy atom. The highest BCUT2D eigenvalue weighted by atomic mass is 16.5. The van der Waals surface area contributed by atoms with Crippen molar-refractivity contribution < 1.29 is 4.74 Å². The summed E-state index contributed by atoms with van der Waals surface area (Å²) in [7, 11) is 1.80. The number of nitrogens with two attached hydrogens (primary N) is 1. The SMILES string of the molecule is CCCCCCCC(C)(CN)N(CCOC)C(C)C1CC1. The molecule has 0 amide bonds. The van der Waals surface area contributed by atoms with Crippen LogP contribution in [0.5, 0.6) is 0 Å². The normalized spacial score (nSPS) is 19.7. The zero-order chi connectivity index (χ0) is 15.7. The largest absolute Gasteiger partial charge is 0.383 e. The van der Waals surface area contributed by atoms with Gasteiger partial charge in [-0.15, -0.1) is 0 Å². The van der Waals surface area contributed by atoms with E-state index in [2.05, 4.69) is 25.7 Å². The molecule has 1 saturated carbocycles.